The maximum atomic E-state index is 12.5. The van der Waals surface area contributed by atoms with E-state index in [1.165, 1.54) is 18.2 Å². The van der Waals surface area contributed by atoms with Crippen molar-refractivity contribution in [2.45, 2.75) is 19.1 Å². The summed E-state index contributed by atoms with van der Waals surface area (Å²) in [6.45, 7) is 1.73. The van der Waals surface area contributed by atoms with Gasteiger partial charge in [0.25, 0.3) is 0 Å². The van der Waals surface area contributed by atoms with E-state index in [9.17, 15) is 13.2 Å². The van der Waals surface area contributed by atoms with Crippen LogP contribution in [0.2, 0.25) is 0 Å². The van der Waals surface area contributed by atoms with Crippen LogP contribution < -0.4 is 10.5 Å². The Morgan fingerprint density at radius 3 is 2.47 bits per heavy atom. The van der Waals surface area contributed by atoms with Crippen LogP contribution >= 0.6 is 0 Å². The minimum Gasteiger partial charge on any atom is -0.491 e. The van der Waals surface area contributed by atoms with Crippen molar-refractivity contribution in [1.29, 1.82) is 0 Å². The van der Waals surface area contributed by atoms with Gasteiger partial charge in [0.1, 0.15) is 12.4 Å². The molecular formula is C10H12F3NO. The van der Waals surface area contributed by atoms with Crippen molar-refractivity contribution >= 4 is 0 Å². The van der Waals surface area contributed by atoms with Crippen molar-refractivity contribution in [3.8, 4) is 5.75 Å². The van der Waals surface area contributed by atoms with Crippen molar-refractivity contribution in [2.24, 2.45) is 5.73 Å². The number of halogens is 3. The summed E-state index contributed by atoms with van der Waals surface area (Å²) < 4.78 is 42.4. The molecule has 0 bridgehead atoms. The van der Waals surface area contributed by atoms with Crippen LogP contribution in [0, 0.1) is 0 Å². The zero-order chi connectivity index (χ0) is 11.5. The molecule has 1 aromatic rings. The average molecular weight is 219 g/mol. The second kappa shape index (κ2) is 4.53. The predicted octanol–water partition coefficient (Wildman–Crippen LogP) is 2.43. The molecule has 15 heavy (non-hydrogen) atoms. The van der Waals surface area contributed by atoms with E-state index in [1.54, 1.807) is 6.92 Å². The molecule has 0 aliphatic heterocycles. The van der Waals surface area contributed by atoms with E-state index in [1.807, 2.05) is 0 Å². The topological polar surface area (TPSA) is 35.2 Å². The molecule has 5 heteroatoms. The fourth-order valence-corrected chi connectivity index (χ4v) is 1.05. The smallest absolute Gasteiger partial charge is 0.419 e. The molecule has 0 radical (unpaired) electrons. The maximum Gasteiger partial charge on any atom is 0.419 e. The van der Waals surface area contributed by atoms with Gasteiger partial charge in [0.2, 0.25) is 0 Å². The Kier molecular flexibility index (Phi) is 3.57. The highest BCUT2D eigenvalue weighted by Gasteiger charge is 2.33. The second-order valence-corrected chi connectivity index (χ2v) is 3.28. The minimum absolute atomic E-state index is 0.0626. The molecule has 0 aromatic heterocycles. The number of nitrogens with two attached hydrogens (primary N) is 1. The first-order valence-corrected chi connectivity index (χ1v) is 4.46. The van der Waals surface area contributed by atoms with Crippen LogP contribution in [0.4, 0.5) is 13.2 Å². The number of ether oxygens (including phenoxy) is 1. The second-order valence-electron chi connectivity index (χ2n) is 3.28. The number of hydrogen-bond donors (Lipinski definition) is 1. The summed E-state index contributed by atoms with van der Waals surface area (Å²) in [5.74, 6) is -0.178. The van der Waals surface area contributed by atoms with E-state index < -0.39 is 11.7 Å². The van der Waals surface area contributed by atoms with E-state index in [-0.39, 0.29) is 18.4 Å². The highest BCUT2D eigenvalue weighted by atomic mass is 19.4. The molecular weight excluding hydrogens is 207 g/mol. The van der Waals surface area contributed by atoms with Crippen molar-refractivity contribution < 1.29 is 17.9 Å². The first-order chi connectivity index (χ1) is 6.91. The molecule has 84 valence electrons. The van der Waals surface area contributed by atoms with Crippen molar-refractivity contribution in [1.82, 2.24) is 0 Å². The van der Waals surface area contributed by atoms with Gasteiger partial charge in [-0.1, -0.05) is 12.1 Å². The molecule has 0 spiro atoms. The van der Waals surface area contributed by atoms with Crippen LogP contribution in [0.15, 0.2) is 24.3 Å². The number of hydrogen-bond acceptors (Lipinski definition) is 2. The average Bonchev–Trinajstić information content (AvgIpc) is 2.13. The SMILES string of the molecule is C[C@H](N)COc1ccccc1C(F)(F)F. The first kappa shape index (κ1) is 11.8. The molecule has 0 unspecified atom stereocenters. The highest BCUT2D eigenvalue weighted by Crippen LogP contribution is 2.35. The summed E-state index contributed by atoms with van der Waals surface area (Å²) in [6.07, 6.45) is -4.39. The molecule has 0 saturated carbocycles. The summed E-state index contributed by atoms with van der Waals surface area (Å²) in [6, 6.07) is 4.78. The normalized spacial score (nSPS) is 13.7. The third kappa shape index (κ3) is 3.43. The fourth-order valence-electron chi connectivity index (χ4n) is 1.05. The first-order valence-electron chi connectivity index (χ1n) is 4.46. The van der Waals surface area contributed by atoms with Gasteiger partial charge in [-0.15, -0.1) is 0 Å². The van der Waals surface area contributed by atoms with E-state index >= 15 is 0 Å². The van der Waals surface area contributed by atoms with Crippen LogP contribution in [0.25, 0.3) is 0 Å². The van der Waals surface area contributed by atoms with E-state index in [2.05, 4.69) is 0 Å². The number of alkyl halides is 3. The monoisotopic (exact) mass is 219 g/mol. The van der Waals surface area contributed by atoms with Gasteiger partial charge in [0.05, 0.1) is 5.56 Å². The summed E-state index contributed by atoms with van der Waals surface area (Å²) in [7, 11) is 0. The van der Waals surface area contributed by atoms with E-state index in [4.69, 9.17) is 10.5 Å². The van der Waals surface area contributed by atoms with Gasteiger partial charge < -0.3 is 10.5 Å². The predicted molar refractivity (Wildman–Crippen MR) is 50.6 cm³/mol. The molecule has 1 aromatic carbocycles. The Morgan fingerprint density at radius 1 is 1.33 bits per heavy atom. The van der Waals surface area contributed by atoms with Crippen molar-refractivity contribution in [2.75, 3.05) is 6.61 Å². The number of benzene rings is 1. The molecule has 0 aliphatic carbocycles. The van der Waals surface area contributed by atoms with E-state index in [0.29, 0.717) is 0 Å². The Labute approximate surface area is 85.8 Å². The van der Waals surface area contributed by atoms with Gasteiger partial charge in [-0.2, -0.15) is 13.2 Å². The molecule has 2 N–H and O–H groups in total. The molecule has 2 nitrogen and oxygen atoms in total. The lowest BCUT2D eigenvalue weighted by molar-refractivity contribution is -0.139. The van der Waals surface area contributed by atoms with Gasteiger partial charge in [0, 0.05) is 6.04 Å². The Bertz CT molecular complexity index is 323. The number of rotatable bonds is 3. The van der Waals surface area contributed by atoms with Crippen molar-refractivity contribution in [3.05, 3.63) is 29.8 Å². The van der Waals surface area contributed by atoms with Gasteiger partial charge >= 0.3 is 6.18 Å². The fraction of sp³-hybridized carbons (Fsp3) is 0.400. The molecule has 0 aliphatic rings. The minimum atomic E-state index is -4.39. The Hall–Kier alpha value is -1.23. The lowest BCUT2D eigenvalue weighted by Gasteiger charge is -2.14. The summed E-state index contributed by atoms with van der Waals surface area (Å²) in [5, 5.41) is 0. The van der Waals surface area contributed by atoms with Crippen LogP contribution in [0.3, 0.4) is 0 Å². The zero-order valence-corrected chi connectivity index (χ0v) is 8.21. The highest BCUT2D eigenvalue weighted by molar-refractivity contribution is 5.35. The van der Waals surface area contributed by atoms with Crippen LogP contribution in [-0.4, -0.2) is 12.6 Å². The van der Waals surface area contributed by atoms with Crippen molar-refractivity contribution in [3.63, 3.8) is 0 Å². The van der Waals surface area contributed by atoms with E-state index in [0.717, 1.165) is 6.07 Å². The van der Waals surface area contributed by atoms with Gasteiger partial charge in [-0.25, -0.2) is 0 Å². The maximum absolute atomic E-state index is 12.5. The molecule has 0 heterocycles. The summed E-state index contributed by atoms with van der Waals surface area (Å²) in [5.41, 5.74) is 4.62. The van der Waals surface area contributed by atoms with Crippen LogP contribution in [-0.2, 0) is 6.18 Å². The van der Waals surface area contributed by atoms with Crippen LogP contribution in [0.1, 0.15) is 12.5 Å². The van der Waals surface area contributed by atoms with Gasteiger partial charge in [-0.3, -0.25) is 0 Å². The van der Waals surface area contributed by atoms with Gasteiger partial charge in [0.15, 0.2) is 0 Å². The molecule has 0 saturated heterocycles. The standard InChI is InChI=1S/C10H12F3NO/c1-7(14)6-15-9-5-3-2-4-8(9)10(11,12)13/h2-5,7H,6,14H2,1H3/t7-/m0/s1. The quantitative estimate of drug-likeness (QED) is 0.847. The Balaban J connectivity index is 2.87. The van der Waals surface area contributed by atoms with Gasteiger partial charge in [-0.05, 0) is 19.1 Å². The molecule has 0 fully saturated rings. The lowest BCUT2D eigenvalue weighted by atomic mass is 10.2. The largest absolute Gasteiger partial charge is 0.491 e. The molecule has 1 rings (SSSR count). The zero-order valence-electron chi connectivity index (χ0n) is 8.21. The lowest BCUT2D eigenvalue weighted by Crippen LogP contribution is -2.24. The third-order valence-corrected chi connectivity index (χ3v) is 1.69. The summed E-state index contributed by atoms with van der Waals surface area (Å²) >= 11 is 0. The molecule has 1 atom stereocenters. The Morgan fingerprint density at radius 2 is 1.93 bits per heavy atom. The summed E-state index contributed by atoms with van der Waals surface area (Å²) in [4.78, 5) is 0. The molecule has 0 amide bonds. The third-order valence-electron chi connectivity index (χ3n) is 1.69. The number of para-hydroxylation sites is 1. The van der Waals surface area contributed by atoms with Crippen LogP contribution in [0.5, 0.6) is 5.75 Å².